The van der Waals surface area contributed by atoms with Gasteiger partial charge in [-0.05, 0) is 38.5 Å². The maximum absolute atomic E-state index is 12.8. The van der Waals surface area contributed by atoms with Gasteiger partial charge in [0.1, 0.15) is 5.78 Å². The van der Waals surface area contributed by atoms with Crippen molar-refractivity contribution in [2.45, 2.75) is 94.6 Å². The average molecular weight is 293 g/mol. The van der Waals surface area contributed by atoms with Gasteiger partial charge >= 0.3 is 0 Å². The van der Waals surface area contributed by atoms with E-state index in [0.717, 1.165) is 45.1 Å². The molecule has 0 bridgehead atoms. The van der Waals surface area contributed by atoms with Crippen molar-refractivity contribution < 1.29 is 9.53 Å². The third-order valence-electron chi connectivity index (χ3n) is 6.09. The smallest absolute Gasteiger partial charge is 0.138 e. The molecule has 1 spiro atoms. The van der Waals surface area contributed by atoms with Crippen LogP contribution in [0.2, 0.25) is 0 Å². The number of ketones is 1. The molecule has 21 heavy (non-hydrogen) atoms. The van der Waals surface area contributed by atoms with Crippen LogP contribution in [0.1, 0.15) is 83.5 Å². The summed E-state index contributed by atoms with van der Waals surface area (Å²) in [5, 5.41) is 0. The topological polar surface area (TPSA) is 52.3 Å². The van der Waals surface area contributed by atoms with Crippen LogP contribution in [0.3, 0.4) is 0 Å². The van der Waals surface area contributed by atoms with Crippen LogP contribution in [0.4, 0.5) is 0 Å². The van der Waals surface area contributed by atoms with Crippen LogP contribution in [-0.2, 0) is 9.53 Å². The molecular weight excluding hydrogens is 262 g/mol. The maximum Gasteiger partial charge on any atom is 0.138 e. The standard InChI is InChI=1S/C18H31NO2/c19-17(8-3-1-4-9-17)14-16(20)15-7-12-21-18(13-15)10-5-2-6-11-18/h15H,1-14,19H2. The molecule has 2 saturated carbocycles. The van der Waals surface area contributed by atoms with Gasteiger partial charge in [-0.25, -0.2) is 0 Å². The minimum Gasteiger partial charge on any atom is -0.375 e. The molecule has 3 aliphatic rings. The Kier molecular flexibility index (Phi) is 4.70. The van der Waals surface area contributed by atoms with Gasteiger partial charge in [0.05, 0.1) is 5.60 Å². The number of ether oxygens (including phenoxy) is 1. The van der Waals surface area contributed by atoms with Gasteiger partial charge in [0.25, 0.3) is 0 Å². The van der Waals surface area contributed by atoms with E-state index in [-0.39, 0.29) is 17.1 Å². The van der Waals surface area contributed by atoms with Crippen molar-refractivity contribution in [1.29, 1.82) is 0 Å². The van der Waals surface area contributed by atoms with Gasteiger partial charge in [0.2, 0.25) is 0 Å². The zero-order valence-electron chi connectivity index (χ0n) is 13.4. The first-order chi connectivity index (χ1) is 10.1. The van der Waals surface area contributed by atoms with Crippen LogP contribution in [0.5, 0.6) is 0 Å². The van der Waals surface area contributed by atoms with Crippen molar-refractivity contribution >= 4 is 5.78 Å². The lowest BCUT2D eigenvalue weighted by Crippen LogP contribution is -2.47. The molecule has 1 unspecified atom stereocenters. The summed E-state index contributed by atoms with van der Waals surface area (Å²) >= 11 is 0. The molecule has 0 amide bonds. The molecule has 120 valence electrons. The second kappa shape index (κ2) is 6.37. The molecule has 2 N–H and O–H groups in total. The van der Waals surface area contributed by atoms with E-state index in [1.165, 1.54) is 38.5 Å². The predicted octanol–water partition coefficient (Wildman–Crippen LogP) is 3.74. The zero-order chi connectivity index (χ0) is 14.8. The summed E-state index contributed by atoms with van der Waals surface area (Å²) in [6, 6.07) is 0. The normalized spacial score (nSPS) is 32.0. The van der Waals surface area contributed by atoms with E-state index >= 15 is 0 Å². The summed E-state index contributed by atoms with van der Waals surface area (Å²) in [4.78, 5) is 12.8. The lowest BCUT2D eigenvalue weighted by molar-refractivity contribution is -0.144. The van der Waals surface area contributed by atoms with Crippen LogP contribution in [0.25, 0.3) is 0 Å². The fourth-order valence-corrected chi connectivity index (χ4v) is 4.77. The van der Waals surface area contributed by atoms with Crippen LogP contribution >= 0.6 is 0 Å². The highest BCUT2D eigenvalue weighted by molar-refractivity contribution is 5.82. The number of rotatable bonds is 3. The van der Waals surface area contributed by atoms with Crippen molar-refractivity contribution in [2.24, 2.45) is 11.7 Å². The number of hydrogen-bond donors (Lipinski definition) is 1. The third-order valence-corrected chi connectivity index (χ3v) is 6.09. The summed E-state index contributed by atoms with van der Waals surface area (Å²) in [7, 11) is 0. The number of carbonyl (C=O) groups is 1. The monoisotopic (exact) mass is 293 g/mol. The third kappa shape index (κ3) is 3.68. The van der Waals surface area contributed by atoms with Gasteiger partial charge in [-0.2, -0.15) is 0 Å². The molecule has 0 aromatic carbocycles. The Morgan fingerprint density at radius 2 is 1.62 bits per heavy atom. The first-order valence-electron chi connectivity index (χ1n) is 9.07. The van der Waals surface area contributed by atoms with E-state index in [2.05, 4.69) is 0 Å². The van der Waals surface area contributed by atoms with E-state index in [4.69, 9.17) is 10.5 Å². The molecular formula is C18H31NO2. The number of carbonyl (C=O) groups excluding carboxylic acids is 1. The fourth-order valence-electron chi connectivity index (χ4n) is 4.77. The van der Waals surface area contributed by atoms with Gasteiger partial charge in [0.15, 0.2) is 0 Å². The number of nitrogens with two attached hydrogens (primary N) is 1. The van der Waals surface area contributed by atoms with Crippen LogP contribution in [0.15, 0.2) is 0 Å². The summed E-state index contributed by atoms with van der Waals surface area (Å²) in [5.74, 6) is 0.631. The van der Waals surface area contributed by atoms with Gasteiger partial charge in [-0.1, -0.05) is 38.5 Å². The Morgan fingerprint density at radius 1 is 1.00 bits per heavy atom. The van der Waals surface area contributed by atoms with Crippen molar-refractivity contribution in [2.75, 3.05) is 6.61 Å². The summed E-state index contributed by atoms with van der Waals surface area (Å²) in [6.07, 6.45) is 14.4. The summed E-state index contributed by atoms with van der Waals surface area (Å²) in [5.41, 5.74) is 6.32. The van der Waals surface area contributed by atoms with E-state index < -0.39 is 0 Å². The van der Waals surface area contributed by atoms with Gasteiger partial charge < -0.3 is 10.5 Å². The highest BCUT2D eigenvalue weighted by Crippen LogP contribution is 2.42. The van der Waals surface area contributed by atoms with E-state index in [0.29, 0.717) is 12.2 Å². The van der Waals surface area contributed by atoms with Gasteiger partial charge in [-0.3, -0.25) is 4.79 Å². The van der Waals surface area contributed by atoms with Crippen LogP contribution in [0, 0.1) is 5.92 Å². The predicted molar refractivity (Wildman–Crippen MR) is 84.1 cm³/mol. The van der Waals surface area contributed by atoms with Crippen molar-refractivity contribution in [3.05, 3.63) is 0 Å². The molecule has 3 rings (SSSR count). The zero-order valence-corrected chi connectivity index (χ0v) is 13.4. The molecule has 3 fully saturated rings. The molecule has 2 aliphatic carbocycles. The maximum atomic E-state index is 12.8. The second-order valence-electron chi connectivity index (χ2n) is 7.85. The summed E-state index contributed by atoms with van der Waals surface area (Å²) < 4.78 is 6.12. The van der Waals surface area contributed by atoms with Crippen LogP contribution < -0.4 is 5.73 Å². The first-order valence-corrected chi connectivity index (χ1v) is 9.07. The molecule has 3 heteroatoms. The molecule has 1 heterocycles. The Labute approximate surface area is 129 Å². The van der Waals surface area contributed by atoms with Gasteiger partial charge in [-0.15, -0.1) is 0 Å². The lowest BCUT2D eigenvalue weighted by atomic mass is 9.72. The van der Waals surface area contributed by atoms with E-state index in [1.807, 2.05) is 0 Å². The molecule has 3 nitrogen and oxygen atoms in total. The highest BCUT2D eigenvalue weighted by Gasteiger charge is 2.42. The fraction of sp³-hybridized carbons (Fsp3) is 0.944. The quantitative estimate of drug-likeness (QED) is 0.862. The minimum atomic E-state index is -0.201. The van der Waals surface area contributed by atoms with E-state index in [9.17, 15) is 4.79 Å². The lowest BCUT2D eigenvalue weighted by Gasteiger charge is -2.44. The average Bonchev–Trinajstić information content (AvgIpc) is 2.48. The Balaban J connectivity index is 1.59. The Hall–Kier alpha value is -0.410. The van der Waals surface area contributed by atoms with Crippen molar-refractivity contribution in [3.8, 4) is 0 Å². The van der Waals surface area contributed by atoms with Crippen molar-refractivity contribution in [1.82, 2.24) is 0 Å². The SMILES string of the molecule is NC1(CC(=O)C2CCOC3(CCCCC3)C2)CCCCC1. The number of hydrogen-bond acceptors (Lipinski definition) is 3. The highest BCUT2D eigenvalue weighted by atomic mass is 16.5. The Bertz CT molecular complexity index is 362. The van der Waals surface area contributed by atoms with Gasteiger partial charge in [0, 0.05) is 24.5 Å². The summed E-state index contributed by atoms with van der Waals surface area (Å²) in [6.45, 7) is 0.772. The molecule has 0 radical (unpaired) electrons. The van der Waals surface area contributed by atoms with Crippen LogP contribution in [-0.4, -0.2) is 23.5 Å². The van der Waals surface area contributed by atoms with Crippen molar-refractivity contribution in [3.63, 3.8) is 0 Å². The Morgan fingerprint density at radius 3 is 2.29 bits per heavy atom. The largest absolute Gasteiger partial charge is 0.375 e. The number of Topliss-reactive ketones (excluding diaryl/α,β-unsaturated/α-hetero) is 1. The molecule has 0 aromatic heterocycles. The molecule has 1 saturated heterocycles. The minimum absolute atomic E-state index is 0.0329. The van der Waals surface area contributed by atoms with E-state index in [1.54, 1.807) is 0 Å². The first kappa shape index (κ1) is 15.5. The second-order valence-corrected chi connectivity index (χ2v) is 7.85. The molecule has 1 atom stereocenters. The molecule has 1 aliphatic heterocycles. The molecule has 0 aromatic rings.